The summed E-state index contributed by atoms with van der Waals surface area (Å²) in [5, 5.41) is 13.7. The first-order valence-corrected chi connectivity index (χ1v) is 8.53. The van der Waals surface area contributed by atoms with Crippen LogP contribution in [0.3, 0.4) is 0 Å². The van der Waals surface area contributed by atoms with Crippen molar-refractivity contribution in [1.82, 2.24) is 14.7 Å². The number of benzene rings is 2. The molecule has 0 unspecified atom stereocenters. The molecule has 0 saturated heterocycles. The normalized spacial score (nSPS) is 10.3. The third kappa shape index (κ3) is 3.35. The molecule has 0 radical (unpaired) electrons. The highest BCUT2D eigenvalue weighted by molar-refractivity contribution is 6.00. The number of carbonyl (C=O) groups is 1. The van der Waals surface area contributed by atoms with Gasteiger partial charge in [0.2, 0.25) is 0 Å². The second-order valence-corrected chi connectivity index (χ2v) is 5.96. The monoisotopic (exact) mass is 344 g/mol. The molecule has 0 aliphatic heterocycles. The number of amides is 1. The lowest BCUT2D eigenvalue weighted by molar-refractivity contribution is 0.0785. The predicted molar refractivity (Wildman–Crippen MR) is 101 cm³/mol. The number of hydrogen-bond acceptors (Lipinski definition) is 3. The fraction of sp³-hybridized carbons (Fsp3) is 0.190. The first-order chi connectivity index (χ1) is 12.7. The molecule has 0 atom stereocenters. The largest absolute Gasteiger partial charge is 0.325 e. The van der Waals surface area contributed by atoms with E-state index in [1.807, 2.05) is 68.4 Å². The van der Waals surface area contributed by atoms with Crippen LogP contribution >= 0.6 is 0 Å². The highest BCUT2D eigenvalue weighted by Gasteiger charge is 2.23. The number of carbonyl (C=O) groups excluding carboxylic acids is 1. The summed E-state index contributed by atoms with van der Waals surface area (Å²) >= 11 is 0. The average Bonchev–Trinajstić information content (AvgIpc) is 3.12. The summed E-state index contributed by atoms with van der Waals surface area (Å²) in [6.45, 7) is 4.39. The van der Waals surface area contributed by atoms with Crippen LogP contribution in [-0.4, -0.2) is 33.7 Å². The fourth-order valence-electron chi connectivity index (χ4n) is 2.86. The van der Waals surface area contributed by atoms with Gasteiger partial charge in [-0.1, -0.05) is 42.5 Å². The minimum absolute atomic E-state index is 0.0546. The molecule has 130 valence electrons. The molecule has 3 aromatic rings. The Labute approximate surface area is 153 Å². The molecule has 5 heteroatoms. The molecule has 0 aliphatic rings. The van der Waals surface area contributed by atoms with Gasteiger partial charge in [-0.15, -0.1) is 0 Å². The number of hydrogen-bond donors (Lipinski definition) is 0. The van der Waals surface area contributed by atoms with Crippen LogP contribution in [0.2, 0.25) is 0 Å². The van der Waals surface area contributed by atoms with Gasteiger partial charge in [0.1, 0.15) is 12.2 Å². The van der Waals surface area contributed by atoms with E-state index in [-0.39, 0.29) is 12.5 Å². The molecule has 1 heterocycles. The van der Waals surface area contributed by atoms with E-state index in [1.54, 1.807) is 10.9 Å². The minimum atomic E-state index is -0.186. The van der Waals surface area contributed by atoms with Crippen molar-refractivity contribution in [2.24, 2.45) is 0 Å². The molecule has 0 aliphatic carbocycles. The second-order valence-electron chi connectivity index (χ2n) is 5.96. The first-order valence-electron chi connectivity index (χ1n) is 8.53. The van der Waals surface area contributed by atoms with Gasteiger partial charge in [-0.2, -0.15) is 10.4 Å². The molecule has 5 nitrogen and oxygen atoms in total. The molecule has 0 bridgehead atoms. The molecule has 2 aromatic carbocycles. The topological polar surface area (TPSA) is 61.9 Å². The summed E-state index contributed by atoms with van der Waals surface area (Å²) in [6.07, 6.45) is 1.75. The maximum atomic E-state index is 13.0. The number of rotatable bonds is 5. The van der Waals surface area contributed by atoms with E-state index in [9.17, 15) is 4.79 Å². The molecule has 26 heavy (non-hydrogen) atoms. The highest BCUT2D eigenvalue weighted by atomic mass is 16.2. The summed E-state index contributed by atoms with van der Waals surface area (Å²) < 4.78 is 1.72. The maximum absolute atomic E-state index is 13.0. The van der Waals surface area contributed by atoms with Gasteiger partial charge in [0, 0.05) is 18.3 Å². The Morgan fingerprint density at radius 2 is 1.85 bits per heavy atom. The lowest BCUT2D eigenvalue weighted by Gasteiger charge is -2.17. The third-order valence-electron chi connectivity index (χ3n) is 4.30. The van der Waals surface area contributed by atoms with E-state index in [1.165, 1.54) is 4.90 Å². The SMILES string of the molecule is CCN(CC#N)C(=O)c1cn(-c2ccccc2)nc1-c1ccccc1C. The highest BCUT2D eigenvalue weighted by Crippen LogP contribution is 2.27. The van der Waals surface area contributed by atoms with Crippen molar-refractivity contribution in [3.05, 3.63) is 71.9 Å². The van der Waals surface area contributed by atoms with E-state index >= 15 is 0 Å². The molecular weight excluding hydrogens is 324 g/mol. The average molecular weight is 344 g/mol. The van der Waals surface area contributed by atoms with Crippen LogP contribution in [0, 0.1) is 18.3 Å². The van der Waals surface area contributed by atoms with Gasteiger partial charge in [-0.3, -0.25) is 4.79 Å². The number of aryl methyl sites for hydroxylation is 1. The Morgan fingerprint density at radius 3 is 2.50 bits per heavy atom. The van der Waals surface area contributed by atoms with Gasteiger partial charge in [-0.25, -0.2) is 4.68 Å². The van der Waals surface area contributed by atoms with Crippen molar-refractivity contribution in [2.75, 3.05) is 13.1 Å². The zero-order valence-electron chi connectivity index (χ0n) is 14.9. The molecule has 1 amide bonds. The minimum Gasteiger partial charge on any atom is -0.325 e. The van der Waals surface area contributed by atoms with Crippen LogP contribution in [0.1, 0.15) is 22.8 Å². The van der Waals surface area contributed by atoms with Gasteiger partial charge in [0.15, 0.2) is 0 Å². The zero-order valence-corrected chi connectivity index (χ0v) is 14.9. The van der Waals surface area contributed by atoms with Crippen LogP contribution in [0.25, 0.3) is 16.9 Å². The van der Waals surface area contributed by atoms with Crippen LogP contribution in [0.15, 0.2) is 60.8 Å². The number of aromatic nitrogens is 2. The first kappa shape index (κ1) is 17.4. The van der Waals surface area contributed by atoms with Gasteiger partial charge >= 0.3 is 0 Å². The van der Waals surface area contributed by atoms with E-state index in [0.717, 1.165) is 16.8 Å². The van der Waals surface area contributed by atoms with Crippen molar-refractivity contribution < 1.29 is 4.79 Å². The van der Waals surface area contributed by atoms with Crippen LogP contribution in [0.4, 0.5) is 0 Å². The number of para-hydroxylation sites is 1. The summed E-state index contributed by atoms with van der Waals surface area (Å²) in [5.41, 5.74) is 3.97. The summed E-state index contributed by atoms with van der Waals surface area (Å²) in [7, 11) is 0. The van der Waals surface area contributed by atoms with Crippen molar-refractivity contribution in [3.8, 4) is 23.0 Å². The Morgan fingerprint density at radius 1 is 1.15 bits per heavy atom. The van der Waals surface area contributed by atoms with Crippen LogP contribution in [-0.2, 0) is 0 Å². The Kier molecular flexibility index (Phi) is 5.14. The Hall–Kier alpha value is -3.39. The maximum Gasteiger partial charge on any atom is 0.258 e. The summed E-state index contributed by atoms with van der Waals surface area (Å²) in [4.78, 5) is 14.6. The molecule has 0 saturated carbocycles. The van der Waals surface area contributed by atoms with Gasteiger partial charge in [0.05, 0.1) is 17.3 Å². The molecule has 3 rings (SSSR count). The second kappa shape index (κ2) is 7.66. The van der Waals surface area contributed by atoms with Gasteiger partial charge in [-0.05, 0) is 31.5 Å². The molecule has 0 fully saturated rings. The van der Waals surface area contributed by atoms with Crippen LogP contribution < -0.4 is 0 Å². The third-order valence-corrected chi connectivity index (χ3v) is 4.30. The summed E-state index contributed by atoms with van der Waals surface area (Å²) in [6, 6.07) is 19.6. The fourth-order valence-corrected chi connectivity index (χ4v) is 2.86. The van der Waals surface area contributed by atoms with E-state index in [2.05, 4.69) is 6.07 Å². The predicted octanol–water partition coefficient (Wildman–Crippen LogP) is 3.83. The quantitative estimate of drug-likeness (QED) is 0.661. The van der Waals surface area contributed by atoms with Crippen molar-refractivity contribution >= 4 is 5.91 Å². The van der Waals surface area contributed by atoms with E-state index < -0.39 is 0 Å². The van der Waals surface area contributed by atoms with Gasteiger partial charge < -0.3 is 4.90 Å². The Balaban J connectivity index is 2.15. The lowest BCUT2D eigenvalue weighted by atomic mass is 10.0. The van der Waals surface area contributed by atoms with Crippen molar-refractivity contribution in [3.63, 3.8) is 0 Å². The van der Waals surface area contributed by atoms with Gasteiger partial charge in [0.25, 0.3) is 5.91 Å². The molecule has 0 N–H and O–H groups in total. The van der Waals surface area contributed by atoms with Crippen molar-refractivity contribution in [2.45, 2.75) is 13.8 Å². The molecular formula is C21H20N4O. The zero-order chi connectivity index (χ0) is 18.5. The standard InChI is InChI=1S/C21H20N4O/c1-3-24(14-13-22)21(26)19-15-25(17-10-5-4-6-11-17)23-20(19)18-12-8-7-9-16(18)2/h4-12,15H,3,14H2,1-2H3. The molecule has 1 aromatic heterocycles. The Bertz CT molecular complexity index is 954. The number of nitriles is 1. The van der Waals surface area contributed by atoms with Crippen LogP contribution in [0.5, 0.6) is 0 Å². The molecule has 0 spiro atoms. The lowest BCUT2D eigenvalue weighted by Crippen LogP contribution is -2.31. The number of nitrogens with zero attached hydrogens (tertiary/aromatic N) is 4. The van der Waals surface area contributed by atoms with E-state index in [0.29, 0.717) is 17.8 Å². The summed E-state index contributed by atoms with van der Waals surface area (Å²) in [5.74, 6) is -0.186. The van der Waals surface area contributed by atoms with E-state index in [4.69, 9.17) is 10.4 Å². The van der Waals surface area contributed by atoms with Crippen molar-refractivity contribution in [1.29, 1.82) is 5.26 Å². The smallest absolute Gasteiger partial charge is 0.258 e.